The van der Waals surface area contributed by atoms with Gasteiger partial charge < -0.3 is 25.2 Å². The topological polar surface area (TPSA) is 62.8 Å². The summed E-state index contributed by atoms with van der Waals surface area (Å²) in [5, 5.41) is 18.2. The molecule has 0 aliphatic carbocycles. The molecule has 0 fully saturated rings. The Bertz CT molecular complexity index is 1400. The highest BCUT2D eigenvalue weighted by molar-refractivity contribution is 6.30. The molecule has 0 amide bonds. The van der Waals surface area contributed by atoms with E-state index >= 15 is 0 Å². The van der Waals surface area contributed by atoms with Crippen LogP contribution in [0.1, 0.15) is 80.9 Å². The van der Waals surface area contributed by atoms with Crippen LogP contribution in [0.4, 0.5) is 0 Å². The molecule has 4 aromatic carbocycles. The minimum absolute atomic E-state index is 0. The van der Waals surface area contributed by atoms with E-state index in [4.69, 9.17) is 21.1 Å². The molecule has 254 valence electrons. The molecule has 7 heteroatoms. The Morgan fingerprint density at radius 1 is 0.638 bits per heavy atom. The molecule has 5 nitrogen and oxygen atoms in total. The normalized spacial score (nSPS) is 13.6. The van der Waals surface area contributed by atoms with Crippen molar-refractivity contribution in [1.82, 2.24) is 10.6 Å². The Morgan fingerprint density at radius 2 is 1.17 bits per heavy atom. The molecule has 0 spiro atoms. The highest BCUT2D eigenvalue weighted by Gasteiger charge is 2.12. The van der Waals surface area contributed by atoms with Crippen LogP contribution >= 0.6 is 24.0 Å². The second-order valence-electron chi connectivity index (χ2n) is 12.4. The molecule has 47 heavy (non-hydrogen) atoms. The molecular weight excluding hydrogens is 627 g/mol. The van der Waals surface area contributed by atoms with Crippen molar-refractivity contribution in [2.24, 2.45) is 0 Å². The summed E-state index contributed by atoms with van der Waals surface area (Å²) in [4.78, 5) is 0. The maximum absolute atomic E-state index is 10.4. The number of halogens is 2. The Hall–Kier alpha value is -3.06. The summed E-state index contributed by atoms with van der Waals surface area (Å²) in [7, 11) is 0. The second-order valence-corrected chi connectivity index (χ2v) is 12.8. The van der Waals surface area contributed by atoms with Gasteiger partial charge in [0.2, 0.25) is 0 Å². The summed E-state index contributed by atoms with van der Waals surface area (Å²) >= 11 is 6.04. The number of aliphatic hydroxyl groups is 1. The van der Waals surface area contributed by atoms with Gasteiger partial charge in [0, 0.05) is 29.7 Å². The number of benzene rings is 4. The molecule has 0 saturated heterocycles. The SMILES string of the molecule is C[C@H](Cc1ccc(OCCCCCCOc2ccc(C[C@@H](C)N[C@H](C)c3ccccc3)cc2)cc1)NC[C@H](O)c1cccc(Cl)c1.Cl. The van der Waals surface area contributed by atoms with Crippen molar-refractivity contribution in [2.75, 3.05) is 19.8 Å². The van der Waals surface area contributed by atoms with Crippen molar-refractivity contribution in [3.8, 4) is 11.5 Å². The fourth-order valence-electron chi connectivity index (χ4n) is 5.63. The lowest BCUT2D eigenvalue weighted by molar-refractivity contribution is 0.170. The van der Waals surface area contributed by atoms with Crippen LogP contribution in [0.15, 0.2) is 103 Å². The monoisotopic (exact) mass is 678 g/mol. The molecule has 4 aromatic rings. The van der Waals surface area contributed by atoms with Gasteiger partial charge in [-0.2, -0.15) is 0 Å². The third kappa shape index (κ3) is 14.3. The van der Waals surface area contributed by atoms with Crippen molar-refractivity contribution >= 4 is 24.0 Å². The van der Waals surface area contributed by atoms with E-state index in [1.165, 1.54) is 16.7 Å². The molecular formula is C40H52Cl2N2O3. The number of nitrogens with one attached hydrogen (secondary N) is 2. The average Bonchev–Trinajstić information content (AvgIpc) is 3.06. The number of hydrogen-bond acceptors (Lipinski definition) is 5. The van der Waals surface area contributed by atoms with Crippen LogP contribution in [0.2, 0.25) is 5.02 Å². The van der Waals surface area contributed by atoms with Crippen LogP contribution in [-0.4, -0.2) is 36.9 Å². The molecule has 0 bridgehead atoms. The van der Waals surface area contributed by atoms with E-state index in [0.717, 1.165) is 68.8 Å². The Morgan fingerprint density at radius 3 is 1.72 bits per heavy atom. The molecule has 0 radical (unpaired) electrons. The summed E-state index contributed by atoms with van der Waals surface area (Å²) in [6, 6.07) is 35.8. The Labute approximate surface area is 293 Å². The van der Waals surface area contributed by atoms with E-state index in [-0.39, 0.29) is 18.4 Å². The maximum Gasteiger partial charge on any atom is 0.119 e. The van der Waals surface area contributed by atoms with E-state index in [1.54, 1.807) is 6.07 Å². The first-order valence-electron chi connectivity index (χ1n) is 16.8. The van der Waals surface area contributed by atoms with Crippen molar-refractivity contribution in [1.29, 1.82) is 0 Å². The van der Waals surface area contributed by atoms with E-state index in [2.05, 4.69) is 98.1 Å². The third-order valence-electron chi connectivity index (χ3n) is 8.23. The lowest BCUT2D eigenvalue weighted by atomic mass is 10.0. The van der Waals surface area contributed by atoms with Crippen LogP contribution in [0.5, 0.6) is 11.5 Å². The summed E-state index contributed by atoms with van der Waals surface area (Å²) in [6.45, 7) is 8.53. The summed E-state index contributed by atoms with van der Waals surface area (Å²) < 4.78 is 12.0. The van der Waals surface area contributed by atoms with Gasteiger partial charge >= 0.3 is 0 Å². The molecule has 0 unspecified atom stereocenters. The van der Waals surface area contributed by atoms with Gasteiger partial charge in [0.05, 0.1) is 19.3 Å². The highest BCUT2D eigenvalue weighted by Crippen LogP contribution is 2.19. The number of ether oxygens (including phenoxy) is 2. The minimum Gasteiger partial charge on any atom is -0.494 e. The smallest absolute Gasteiger partial charge is 0.119 e. The largest absolute Gasteiger partial charge is 0.494 e. The Kier molecular flexibility index (Phi) is 17.2. The van der Waals surface area contributed by atoms with Crippen LogP contribution in [-0.2, 0) is 12.8 Å². The van der Waals surface area contributed by atoms with Gasteiger partial charge in [0.15, 0.2) is 0 Å². The third-order valence-corrected chi connectivity index (χ3v) is 8.47. The second kappa shape index (κ2) is 21.0. The number of unbranched alkanes of at least 4 members (excludes halogenated alkanes) is 3. The zero-order chi connectivity index (χ0) is 32.6. The molecule has 0 aliphatic rings. The van der Waals surface area contributed by atoms with Crippen LogP contribution in [0.3, 0.4) is 0 Å². The highest BCUT2D eigenvalue weighted by atomic mass is 35.5. The first-order valence-corrected chi connectivity index (χ1v) is 17.1. The number of hydrogen-bond donors (Lipinski definition) is 3. The standard InChI is InChI=1S/C40H51ClN2O3.ClH/c1-30(42-29-40(44)36-14-11-15-37(41)28-36)26-33-16-20-38(21-17-33)45-24-9-4-5-10-25-46-39-22-18-34(19-23-39)27-31(2)43-32(3)35-12-7-6-8-13-35;/h6-8,11-23,28,30-32,40,42-44H,4-5,9-10,24-27,29H2,1-3H3;1H/t30-,31-,32-,40+;/m1./s1. The van der Waals surface area contributed by atoms with Gasteiger partial charge in [0.1, 0.15) is 11.5 Å². The zero-order valence-corrected chi connectivity index (χ0v) is 29.6. The lowest BCUT2D eigenvalue weighted by Crippen LogP contribution is -2.32. The molecule has 4 atom stereocenters. The summed E-state index contributed by atoms with van der Waals surface area (Å²) in [6.07, 6.45) is 5.59. The molecule has 0 aliphatic heterocycles. The fraction of sp³-hybridized carbons (Fsp3) is 0.400. The molecule has 0 aromatic heterocycles. The molecule has 0 heterocycles. The molecule has 4 rings (SSSR count). The van der Waals surface area contributed by atoms with Gasteiger partial charge in [-0.1, -0.05) is 78.3 Å². The van der Waals surface area contributed by atoms with Crippen LogP contribution in [0, 0.1) is 0 Å². The van der Waals surface area contributed by atoms with Crippen molar-refractivity contribution in [3.05, 3.63) is 130 Å². The maximum atomic E-state index is 10.4. The van der Waals surface area contributed by atoms with Gasteiger partial charge in [-0.25, -0.2) is 0 Å². The summed E-state index contributed by atoms with van der Waals surface area (Å²) in [5.74, 6) is 1.84. The average molecular weight is 680 g/mol. The minimum atomic E-state index is -0.584. The number of rotatable bonds is 20. The van der Waals surface area contributed by atoms with Gasteiger partial charge in [-0.3, -0.25) is 0 Å². The summed E-state index contributed by atoms with van der Waals surface area (Å²) in [5.41, 5.74) is 4.69. The van der Waals surface area contributed by atoms with Crippen molar-refractivity contribution in [2.45, 2.75) is 83.5 Å². The van der Waals surface area contributed by atoms with Crippen LogP contribution in [0.25, 0.3) is 0 Å². The Balaban J connectivity index is 0.00000600. The predicted molar refractivity (Wildman–Crippen MR) is 198 cm³/mol. The van der Waals surface area contributed by atoms with Crippen molar-refractivity contribution < 1.29 is 14.6 Å². The van der Waals surface area contributed by atoms with E-state index in [9.17, 15) is 5.11 Å². The number of aliphatic hydroxyl groups excluding tert-OH is 1. The van der Waals surface area contributed by atoms with Crippen molar-refractivity contribution in [3.63, 3.8) is 0 Å². The van der Waals surface area contributed by atoms with Gasteiger partial charge in [-0.15, -0.1) is 12.4 Å². The van der Waals surface area contributed by atoms with Gasteiger partial charge in [0.25, 0.3) is 0 Å². The van der Waals surface area contributed by atoms with E-state index in [0.29, 0.717) is 23.7 Å². The van der Waals surface area contributed by atoms with E-state index in [1.807, 2.05) is 30.3 Å². The fourth-order valence-corrected chi connectivity index (χ4v) is 5.83. The first kappa shape index (κ1) is 38.4. The van der Waals surface area contributed by atoms with Gasteiger partial charge in [-0.05, 0) is 118 Å². The van der Waals surface area contributed by atoms with Crippen LogP contribution < -0.4 is 20.1 Å². The predicted octanol–water partition coefficient (Wildman–Crippen LogP) is 9.32. The molecule has 3 N–H and O–H groups in total. The van der Waals surface area contributed by atoms with E-state index < -0.39 is 6.10 Å². The lowest BCUT2D eigenvalue weighted by Gasteiger charge is -2.20. The molecule has 0 saturated carbocycles. The zero-order valence-electron chi connectivity index (χ0n) is 28.0. The first-order chi connectivity index (χ1) is 22.4. The quantitative estimate of drug-likeness (QED) is 0.0813.